The van der Waals surface area contributed by atoms with E-state index >= 15 is 0 Å². The Morgan fingerprint density at radius 3 is 2.41 bits per heavy atom. The first-order chi connectivity index (χ1) is 8.22. The lowest BCUT2D eigenvalue weighted by molar-refractivity contribution is -0.0339. The minimum Gasteiger partial charge on any atom is -0.491 e. The van der Waals surface area contributed by atoms with Gasteiger partial charge in [0.15, 0.2) is 0 Å². The standard InChI is InChI=1S/C14H18O3/c15-10-12-4-6-13(7-5-12)17-11-14(16)8-2-1-3-9-14/h4-7,10,16H,1-3,8-9,11H2. The Balaban J connectivity index is 1.89. The van der Waals surface area contributed by atoms with Gasteiger partial charge in [0.05, 0.1) is 5.60 Å². The van der Waals surface area contributed by atoms with Gasteiger partial charge in [-0.25, -0.2) is 0 Å². The van der Waals surface area contributed by atoms with Gasteiger partial charge < -0.3 is 9.84 Å². The highest BCUT2D eigenvalue weighted by Crippen LogP contribution is 2.28. The van der Waals surface area contributed by atoms with E-state index in [0.717, 1.165) is 32.0 Å². The van der Waals surface area contributed by atoms with Crippen molar-refractivity contribution in [2.45, 2.75) is 37.7 Å². The van der Waals surface area contributed by atoms with Crippen molar-refractivity contribution in [1.29, 1.82) is 0 Å². The van der Waals surface area contributed by atoms with Crippen molar-refractivity contribution in [3.63, 3.8) is 0 Å². The molecule has 0 unspecified atom stereocenters. The lowest BCUT2D eigenvalue weighted by Crippen LogP contribution is -2.37. The fourth-order valence-corrected chi connectivity index (χ4v) is 2.21. The average Bonchev–Trinajstić information content (AvgIpc) is 2.38. The normalized spacial score (nSPS) is 18.6. The summed E-state index contributed by atoms with van der Waals surface area (Å²) in [5.74, 6) is 0.703. The maximum atomic E-state index is 10.5. The van der Waals surface area contributed by atoms with Crippen LogP contribution < -0.4 is 4.74 Å². The lowest BCUT2D eigenvalue weighted by atomic mass is 9.85. The summed E-state index contributed by atoms with van der Waals surface area (Å²) < 4.78 is 5.58. The van der Waals surface area contributed by atoms with E-state index < -0.39 is 5.60 Å². The summed E-state index contributed by atoms with van der Waals surface area (Å²) in [6, 6.07) is 6.95. The van der Waals surface area contributed by atoms with Crippen molar-refractivity contribution >= 4 is 6.29 Å². The first-order valence-corrected chi connectivity index (χ1v) is 6.12. The highest BCUT2D eigenvalue weighted by atomic mass is 16.5. The molecule has 92 valence electrons. The monoisotopic (exact) mass is 234 g/mol. The van der Waals surface area contributed by atoms with Gasteiger partial charge in [-0.1, -0.05) is 19.3 Å². The smallest absolute Gasteiger partial charge is 0.150 e. The molecule has 2 rings (SSSR count). The van der Waals surface area contributed by atoms with Crippen molar-refractivity contribution in [3.05, 3.63) is 29.8 Å². The van der Waals surface area contributed by atoms with Crippen LogP contribution in [0.5, 0.6) is 5.75 Å². The van der Waals surface area contributed by atoms with Gasteiger partial charge in [-0.05, 0) is 37.1 Å². The summed E-state index contributed by atoms with van der Waals surface area (Å²) in [4.78, 5) is 10.5. The largest absolute Gasteiger partial charge is 0.491 e. The predicted octanol–water partition coefficient (Wildman–Crippen LogP) is 2.57. The van der Waals surface area contributed by atoms with E-state index in [1.54, 1.807) is 24.3 Å². The van der Waals surface area contributed by atoms with Crippen molar-refractivity contribution in [1.82, 2.24) is 0 Å². The highest BCUT2D eigenvalue weighted by molar-refractivity contribution is 5.74. The Morgan fingerprint density at radius 2 is 1.82 bits per heavy atom. The fourth-order valence-electron chi connectivity index (χ4n) is 2.21. The number of aldehydes is 1. The Kier molecular flexibility index (Phi) is 3.79. The van der Waals surface area contributed by atoms with Crippen LogP contribution in [0, 0.1) is 0 Å². The topological polar surface area (TPSA) is 46.5 Å². The first-order valence-electron chi connectivity index (χ1n) is 6.12. The lowest BCUT2D eigenvalue weighted by Gasteiger charge is -2.31. The fraction of sp³-hybridized carbons (Fsp3) is 0.500. The number of aliphatic hydroxyl groups is 1. The maximum absolute atomic E-state index is 10.5. The van der Waals surface area contributed by atoms with E-state index in [0.29, 0.717) is 17.9 Å². The van der Waals surface area contributed by atoms with Gasteiger partial charge >= 0.3 is 0 Å². The van der Waals surface area contributed by atoms with E-state index in [1.807, 2.05) is 0 Å². The van der Waals surface area contributed by atoms with Crippen LogP contribution in [0.2, 0.25) is 0 Å². The molecule has 3 heteroatoms. The second kappa shape index (κ2) is 5.32. The zero-order chi connectivity index (χ0) is 12.1. The molecule has 17 heavy (non-hydrogen) atoms. The molecule has 1 fully saturated rings. The van der Waals surface area contributed by atoms with Gasteiger partial charge in [-0.2, -0.15) is 0 Å². The van der Waals surface area contributed by atoms with Gasteiger partial charge in [0.25, 0.3) is 0 Å². The quantitative estimate of drug-likeness (QED) is 0.814. The average molecular weight is 234 g/mol. The third kappa shape index (κ3) is 3.30. The Hall–Kier alpha value is -1.35. The number of carbonyl (C=O) groups excluding carboxylic acids is 1. The zero-order valence-corrected chi connectivity index (χ0v) is 9.89. The summed E-state index contributed by atoms with van der Waals surface area (Å²) in [6.07, 6.45) is 5.79. The molecule has 1 aliphatic carbocycles. The Bertz CT molecular complexity index is 364. The molecule has 0 aliphatic heterocycles. The van der Waals surface area contributed by atoms with Gasteiger partial charge in [0.1, 0.15) is 18.6 Å². The molecule has 1 N–H and O–H groups in total. The summed E-state index contributed by atoms with van der Waals surface area (Å²) in [7, 11) is 0. The SMILES string of the molecule is O=Cc1ccc(OCC2(O)CCCCC2)cc1. The van der Waals surface area contributed by atoms with Crippen molar-refractivity contribution in [2.24, 2.45) is 0 Å². The van der Waals surface area contributed by atoms with Crippen molar-refractivity contribution in [2.75, 3.05) is 6.61 Å². The molecular weight excluding hydrogens is 216 g/mol. The summed E-state index contributed by atoms with van der Waals surface area (Å²) in [5.41, 5.74) is -0.0320. The molecule has 1 aliphatic rings. The van der Waals surface area contributed by atoms with Crippen LogP contribution in [-0.4, -0.2) is 23.6 Å². The molecule has 0 amide bonds. The summed E-state index contributed by atoms with van der Waals surface area (Å²) in [6.45, 7) is 0.341. The van der Waals surface area contributed by atoms with Crippen LogP contribution in [0.1, 0.15) is 42.5 Å². The van der Waals surface area contributed by atoms with Crippen LogP contribution in [0.4, 0.5) is 0 Å². The maximum Gasteiger partial charge on any atom is 0.150 e. The van der Waals surface area contributed by atoms with Gasteiger partial charge in [-0.3, -0.25) is 4.79 Å². The molecule has 3 nitrogen and oxygen atoms in total. The molecule has 0 atom stereocenters. The third-order valence-corrected chi connectivity index (χ3v) is 3.31. The van der Waals surface area contributed by atoms with Crippen LogP contribution in [0.3, 0.4) is 0 Å². The molecular formula is C14H18O3. The minimum atomic E-state index is -0.665. The molecule has 0 heterocycles. The zero-order valence-electron chi connectivity index (χ0n) is 9.89. The van der Waals surface area contributed by atoms with E-state index in [1.165, 1.54) is 6.42 Å². The van der Waals surface area contributed by atoms with E-state index in [4.69, 9.17) is 4.74 Å². The number of carbonyl (C=O) groups is 1. The Morgan fingerprint density at radius 1 is 1.18 bits per heavy atom. The third-order valence-electron chi connectivity index (χ3n) is 3.31. The molecule has 1 saturated carbocycles. The van der Waals surface area contributed by atoms with Crippen LogP contribution in [0.25, 0.3) is 0 Å². The van der Waals surface area contributed by atoms with E-state index in [9.17, 15) is 9.90 Å². The second-order valence-corrected chi connectivity index (χ2v) is 4.76. The number of rotatable bonds is 4. The van der Waals surface area contributed by atoms with E-state index in [-0.39, 0.29) is 0 Å². The molecule has 0 saturated heterocycles. The van der Waals surface area contributed by atoms with Crippen molar-refractivity contribution in [3.8, 4) is 5.75 Å². The first kappa shape index (κ1) is 12.1. The van der Waals surface area contributed by atoms with Crippen molar-refractivity contribution < 1.29 is 14.6 Å². The van der Waals surface area contributed by atoms with Crippen LogP contribution >= 0.6 is 0 Å². The molecule has 0 aromatic heterocycles. The molecule has 0 radical (unpaired) electrons. The second-order valence-electron chi connectivity index (χ2n) is 4.76. The number of ether oxygens (including phenoxy) is 1. The number of hydrogen-bond donors (Lipinski definition) is 1. The molecule has 1 aromatic rings. The van der Waals surface area contributed by atoms with Gasteiger partial charge in [-0.15, -0.1) is 0 Å². The molecule has 1 aromatic carbocycles. The van der Waals surface area contributed by atoms with E-state index in [2.05, 4.69) is 0 Å². The van der Waals surface area contributed by atoms with Crippen LogP contribution in [0.15, 0.2) is 24.3 Å². The highest BCUT2D eigenvalue weighted by Gasteiger charge is 2.29. The minimum absolute atomic E-state index is 0.341. The number of hydrogen-bond acceptors (Lipinski definition) is 3. The van der Waals surface area contributed by atoms with Gasteiger partial charge in [0.2, 0.25) is 0 Å². The Labute approximate surface area is 101 Å². The van der Waals surface area contributed by atoms with Gasteiger partial charge in [0, 0.05) is 5.56 Å². The van der Waals surface area contributed by atoms with Crippen LogP contribution in [-0.2, 0) is 0 Å². The molecule has 0 bridgehead atoms. The summed E-state index contributed by atoms with van der Waals surface area (Å²) >= 11 is 0. The predicted molar refractivity (Wildman–Crippen MR) is 65.4 cm³/mol. The summed E-state index contributed by atoms with van der Waals surface area (Å²) in [5, 5.41) is 10.3. The number of benzene rings is 1. The molecule has 0 spiro atoms.